The molecule has 2 aliphatic heterocycles. The van der Waals surface area contributed by atoms with Crippen LogP contribution in [0.4, 0.5) is 0 Å². The van der Waals surface area contributed by atoms with E-state index < -0.39 is 5.63 Å². The van der Waals surface area contributed by atoms with Crippen LogP contribution in [0.15, 0.2) is 62.4 Å². The molecule has 36 heavy (non-hydrogen) atoms. The van der Waals surface area contributed by atoms with Gasteiger partial charge in [0.05, 0.1) is 18.2 Å². The molecule has 0 radical (unpaired) electrons. The monoisotopic (exact) mass is 484 g/mol. The summed E-state index contributed by atoms with van der Waals surface area (Å²) >= 11 is 0. The highest BCUT2D eigenvalue weighted by atomic mass is 16.4. The second-order valence-electron chi connectivity index (χ2n) is 10.3. The first-order valence-electron chi connectivity index (χ1n) is 13.1. The average Bonchev–Trinajstić information content (AvgIpc) is 3.32. The Morgan fingerprint density at radius 2 is 1.86 bits per heavy atom. The molecule has 4 heterocycles. The molecule has 1 N–H and O–H groups in total. The van der Waals surface area contributed by atoms with Crippen LogP contribution >= 0.6 is 0 Å². The van der Waals surface area contributed by atoms with Crippen LogP contribution in [0.25, 0.3) is 33.1 Å². The van der Waals surface area contributed by atoms with Crippen LogP contribution in [0.5, 0.6) is 0 Å². The van der Waals surface area contributed by atoms with Crippen molar-refractivity contribution >= 4 is 27.8 Å². The standard InChI is InChI=1S/C30H32N2O4/c1-19-22-14-24-25(20-8-3-2-4-9-20)18-35-27(24)16-28(22)36-30(34)23(19)15-29(33)31-17-21-10-7-13-32-12-6-5-11-26(21)32/h2-4,8-9,14,16,18,21,26H,5-7,10-13,15,17H2,1H3,(H,31,33)/t21-,26+/m0/s1. The summed E-state index contributed by atoms with van der Waals surface area (Å²) in [6.45, 7) is 4.94. The number of hydrogen-bond donors (Lipinski definition) is 1. The Morgan fingerprint density at radius 1 is 1.03 bits per heavy atom. The Hall–Kier alpha value is -3.38. The highest BCUT2D eigenvalue weighted by molar-refractivity contribution is 6.02. The van der Waals surface area contributed by atoms with E-state index in [1.165, 1.54) is 38.8 Å². The summed E-state index contributed by atoms with van der Waals surface area (Å²) in [4.78, 5) is 28.4. The van der Waals surface area contributed by atoms with E-state index in [2.05, 4.69) is 10.2 Å². The molecule has 0 bridgehead atoms. The predicted octanol–water partition coefficient (Wildman–Crippen LogP) is 5.44. The minimum Gasteiger partial charge on any atom is -0.464 e. The fraction of sp³-hybridized carbons (Fsp3) is 0.400. The molecule has 4 aromatic rings. The molecule has 6 heteroatoms. The fourth-order valence-electron chi connectivity index (χ4n) is 6.24. The van der Waals surface area contributed by atoms with Crippen LogP contribution in [0.1, 0.15) is 43.2 Å². The Kier molecular flexibility index (Phi) is 6.13. The van der Waals surface area contributed by atoms with E-state index in [1.54, 1.807) is 12.3 Å². The normalized spacial score (nSPS) is 20.5. The van der Waals surface area contributed by atoms with E-state index in [0.717, 1.165) is 33.9 Å². The van der Waals surface area contributed by atoms with Gasteiger partial charge in [-0.3, -0.25) is 4.79 Å². The van der Waals surface area contributed by atoms with Crippen LogP contribution in [0, 0.1) is 12.8 Å². The van der Waals surface area contributed by atoms with Crippen LogP contribution < -0.4 is 10.9 Å². The zero-order chi connectivity index (χ0) is 24.6. The van der Waals surface area contributed by atoms with Gasteiger partial charge in [0.15, 0.2) is 0 Å². The van der Waals surface area contributed by atoms with E-state index in [-0.39, 0.29) is 12.3 Å². The minimum absolute atomic E-state index is 0.0280. The lowest BCUT2D eigenvalue weighted by Gasteiger charge is -2.44. The zero-order valence-electron chi connectivity index (χ0n) is 20.7. The molecule has 2 fully saturated rings. The number of fused-ring (bicyclic) bond motifs is 3. The molecule has 0 aliphatic carbocycles. The molecule has 186 valence electrons. The van der Waals surface area contributed by atoms with E-state index in [9.17, 15) is 9.59 Å². The van der Waals surface area contributed by atoms with Crippen molar-refractivity contribution in [1.82, 2.24) is 10.2 Å². The van der Waals surface area contributed by atoms with Gasteiger partial charge in [-0.15, -0.1) is 0 Å². The third-order valence-corrected chi connectivity index (χ3v) is 8.19. The van der Waals surface area contributed by atoms with Gasteiger partial charge < -0.3 is 19.1 Å². The molecule has 6 rings (SSSR count). The lowest BCUT2D eigenvalue weighted by molar-refractivity contribution is -0.120. The number of carbonyl (C=O) groups is 1. The lowest BCUT2D eigenvalue weighted by Crippen LogP contribution is -2.51. The lowest BCUT2D eigenvalue weighted by atomic mass is 9.83. The molecule has 6 nitrogen and oxygen atoms in total. The number of piperidine rings is 2. The van der Waals surface area contributed by atoms with Crippen molar-refractivity contribution in [3.05, 3.63) is 70.3 Å². The molecule has 0 saturated carbocycles. The van der Waals surface area contributed by atoms with Gasteiger partial charge in [-0.25, -0.2) is 4.79 Å². The molecule has 2 atom stereocenters. The first-order chi connectivity index (χ1) is 17.6. The number of hydrogen-bond acceptors (Lipinski definition) is 5. The summed E-state index contributed by atoms with van der Waals surface area (Å²) in [7, 11) is 0. The Morgan fingerprint density at radius 3 is 2.72 bits per heavy atom. The van der Waals surface area contributed by atoms with Crippen LogP contribution in [-0.4, -0.2) is 36.5 Å². The number of aryl methyl sites for hydroxylation is 1. The van der Waals surface area contributed by atoms with Crippen molar-refractivity contribution in [2.45, 2.75) is 51.5 Å². The van der Waals surface area contributed by atoms with Crippen molar-refractivity contribution in [2.75, 3.05) is 19.6 Å². The molecule has 2 aliphatic rings. The fourth-order valence-corrected chi connectivity index (χ4v) is 6.24. The van der Waals surface area contributed by atoms with Gasteiger partial charge in [-0.2, -0.15) is 0 Å². The van der Waals surface area contributed by atoms with E-state index >= 15 is 0 Å². The van der Waals surface area contributed by atoms with Gasteiger partial charge in [-0.05, 0) is 68.8 Å². The number of furan rings is 1. The number of amides is 1. The number of carbonyl (C=O) groups excluding carboxylic acids is 1. The largest absolute Gasteiger partial charge is 0.464 e. The number of rotatable bonds is 5. The van der Waals surface area contributed by atoms with Gasteiger partial charge in [-0.1, -0.05) is 36.8 Å². The smallest absolute Gasteiger partial charge is 0.340 e. The summed E-state index contributed by atoms with van der Waals surface area (Å²) in [6.07, 6.45) is 7.89. The van der Waals surface area contributed by atoms with Gasteiger partial charge in [0.25, 0.3) is 0 Å². The van der Waals surface area contributed by atoms with Crippen LogP contribution in [-0.2, 0) is 11.2 Å². The van der Waals surface area contributed by atoms with E-state index in [4.69, 9.17) is 8.83 Å². The second kappa shape index (κ2) is 9.58. The Labute approximate surface area is 210 Å². The van der Waals surface area contributed by atoms with Gasteiger partial charge >= 0.3 is 5.63 Å². The zero-order valence-corrected chi connectivity index (χ0v) is 20.7. The average molecular weight is 485 g/mol. The summed E-state index contributed by atoms with van der Waals surface area (Å²) < 4.78 is 11.4. The highest BCUT2D eigenvalue weighted by Gasteiger charge is 2.33. The van der Waals surface area contributed by atoms with Crippen molar-refractivity contribution in [3.63, 3.8) is 0 Å². The second-order valence-corrected chi connectivity index (χ2v) is 10.3. The van der Waals surface area contributed by atoms with Crippen LogP contribution in [0.2, 0.25) is 0 Å². The van der Waals surface area contributed by atoms with E-state index in [1.807, 2.05) is 43.3 Å². The first-order valence-corrected chi connectivity index (χ1v) is 13.1. The third kappa shape index (κ3) is 4.24. The number of nitrogens with one attached hydrogen (secondary N) is 1. The molecular weight excluding hydrogens is 452 g/mol. The molecule has 2 aromatic carbocycles. The van der Waals surface area contributed by atoms with Gasteiger partial charge in [0.1, 0.15) is 11.2 Å². The SMILES string of the molecule is Cc1c(CC(=O)NC[C@@H]2CCCN3CCCC[C@H]23)c(=O)oc2cc3occ(-c4ccccc4)c3cc12. The van der Waals surface area contributed by atoms with Crippen molar-refractivity contribution in [2.24, 2.45) is 5.92 Å². The summed E-state index contributed by atoms with van der Waals surface area (Å²) in [5, 5.41) is 4.91. The molecule has 1 amide bonds. The third-order valence-electron chi connectivity index (χ3n) is 8.19. The summed E-state index contributed by atoms with van der Waals surface area (Å²) in [5.74, 6) is 0.370. The Bertz CT molecular complexity index is 1470. The molecular formula is C30H32N2O4. The quantitative estimate of drug-likeness (QED) is 0.382. The highest BCUT2D eigenvalue weighted by Crippen LogP contribution is 2.35. The Balaban J connectivity index is 1.25. The maximum Gasteiger partial charge on any atom is 0.340 e. The topological polar surface area (TPSA) is 75.7 Å². The summed E-state index contributed by atoms with van der Waals surface area (Å²) in [5.41, 5.74) is 3.94. The number of nitrogens with zero attached hydrogens (tertiary/aromatic N) is 1. The maximum atomic E-state index is 12.9. The van der Waals surface area contributed by atoms with Crippen molar-refractivity contribution < 1.29 is 13.6 Å². The van der Waals surface area contributed by atoms with Gasteiger partial charge in [0.2, 0.25) is 5.91 Å². The van der Waals surface area contributed by atoms with E-state index in [0.29, 0.717) is 35.2 Å². The molecule has 2 aromatic heterocycles. The number of benzene rings is 2. The van der Waals surface area contributed by atoms with Crippen LogP contribution in [0.3, 0.4) is 0 Å². The molecule has 0 spiro atoms. The predicted molar refractivity (Wildman–Crippen MR) is 141 cm³/mol. The van der Waals surface area contributed by atoms with Crippen molar-refractivity contribution in [3.8, 4) is 11.1 Å². The maximum absolute atomic E-state index is 12.9. The van der Waals surface area contributed by atoms with Crippen molar-refractivity contribution in [1.29, 1.82) is 0 Å². The molecule has 2 saturated heterocycles. The van der Waals surface area contributed by atoms with Gasteiger partial charge in [0, 0.05) is 35.0 Å². The minimum atomic E-state index is -0.458. The summed E-state index contributed by atoms with van der Waals surface area (Å²) in [6, 6.07) is 14.4. The first kappa shape index (κ1) is 23.0. The molecule has 0 unspecified atom stereocenters.